The van der Waals surface area contributed by atoms with Crippen molar-refractivity contribution in [3.05, 3.63) is 35.9 Å². The molecule has 3 rings (SSSR count). The topological polar surface area (TPSA) is 32.8 Å². The first-order valence-electron chi connectivity index (χ1n) is 10.3. The van der Waals surface area contributed by atoms with E-state index in [1.165, 1.54) is 50.9 Å². The zero-order valence-electron chi connectivity index (χ0n) is 16.2. The number of nitrogens with zero attached hydrogens (tertiary/aromatic N) is 2. The second-order valence-corrected chi connectivity index (χ2v) is 8.10. The number of ether oxygens (including phenoxy) is 1. The third kappa shape index (κ3) is 6.10. The van der Waals surface area contributed by atoms with Crippen LogP contribution in [0.2, 0.25) is 0 Å². The molecule has 0 aliphatic carbocycles. The van der Waals surface area contributed by atoms with Crippen molar-refractivity contribution in [1.82, 2.24) is 9.80 Å². The highest BCUT2D eigenvalue weighted by Gasteiger charge is 2.23. The molecular weight excluding hydrogens is 324 g/mol. The van der Waals surface area contributed by atoms with Crippen molar-refractivity contribution in [3.63, 3.8) is 0 Å². The van der Waals surface area contributed by atoms with E-state index in [0.29, 0.717) is 18.9 Å². The van der Waals surface area contributed by atoms with E-state index in [2.05, 4.69) is 17.0 Å². The van der Waals surface area contributed by atoms with Gasteiger partial charge in [-0.3, -0.25) is 4.79 Å². The van der Waals surface area contributed by atoms with Gasteiger partial charge in [-0.2, -0.15) is 0 Å². The van der Waals surface area contributed by atoms with E-state index in [1.54, 1.807) is 0 Å². The third-order valence-electron chi connectivity index (χ3n) is 5.93. The van der Waals surface area contributed by atoms with Crippen molar-refractivity contribution in [3.8, 4) is 0 Å². The summed E-state index contributed by atoms with van der Waals surface area (Å²) < 4.78 is 5.61. The molecule has 0 unspecified atom stereocenters. The lowest BCUT2D eigenvalue weighted by atomic mass is 9.91. The highest BCUT2D eigenvalue weighted by molar-refractivity contribution is 5.75. The van der Waals surface area contributed by atoms with Crippen LogP contribution in [0.25, 0.3) is 0 Å². The molecule has 0 aromatic heterocycles. The zero-order valence-corrected chi connectivity index (χ0v) is 16.2. The van der Waals surface area contributed by atoms with Crippen LogP contribution in [0.1, 0.15) is 44.1 Å². The van der Waals surface area contributed by atoms with Crippen molar-refractivity contribution in [2.45, 2.75) is 45.1 Å². The number of rotatable bonds is 7. The Hall–Kier alpha value is -1.39. The van der Waals surface area contributed by atoms with Gasteiger partial charge in [-0.15, -0.1) is 0 Å². The van der Waals surface area contributed by atoms with Crippen LogP contribution in [-0.4, -0.2) is 55.6 Å². The quantitative estimate of drug-likeness (QED) is 0.747. The zero-order chi connectivity index (χ0) is 18.2. The Kier molecular flexibility index (Phi) is 7.51. The molecule has 1 amide bonds. The Morgan fingerprint density at radius 3 is 2.62 bits per heavy atom. The van der Waals surface area contributed by atoms with Crippen LogP contribution in [0, 0.1) is 11.8 Å². The fraction of sp³-hybridized carbons (Fsp3) is 0.682. The van der Waals surface area contributed by atoms with E-state index < -0.39 is 0 Å². The SMILES string of the molecule is CN(Cc1ccccc1)C(=O)CCC1CCN(C[C@@H]2CCCOC2)CC1. The Labute approximate surface area is 158 Å². The molecule has 4 heteroatoms. The van der Waals surface area contributed by atoms with Gasteiger partial charge in [0.1, 0.15) is 0 Å². The predicted octanol–water partition coefficient (Wildman–Crippen LogP) is 3.56. The lowest BCUT2D eigenvalue weighted by Crippen LogP contribution is -2.39. The summed E-state index contributed by atoms with van der Waals surface area (Å²) in [7, 11) is 1.92. The molecule has 0 spiro atoms. The van der Waals surface area contributed by atoms with Gasteiger partial charge in [0.25, 0.3) is 0 Å². The number of hydrogen-bond acceptors (Lipinski definition) is 3. The van der Waals surface area contributed by atoms with Gasteiger partial charge in [-0.25, -0.2) is 0 Å². The minimum Gasteiger partial charge on any atom is -0.381 e. The van der Waals surface area contributed by atoms with Crippen LogP contribution in [0.5, 0.6) is 0 Å². The molecular formula is C22H34N2O2. The van der Waals surface area contributed by atoms with Gasteiger partial charge in [0.05, 0.1) is 6.61 Å². The van der Waals surface area contributed by atoms with Crippen molar-refractivity contribution in [2.24, 2.45) is 11.8 Å². The van der Waals surface area contributed by atoms with E-state index in [4.69, 9.17) is 4.74 Å². The van der Waals surface area contributed by atoms with E-state index in [9.17, 15) is 4.79 Å². The molecule has 1 aromatic carbocycles. The summed E-state index contributed by atoms with van der Waals surface area (Å²) in [6.07, 6.45) is 6.75. The summed E-state index contributed by atoms with van der Waals surface area (Å²) >= 11 is 0. The average molecular weight is 359 g/mol. The lowest BCUT2D eigenvalue weighted by Gasteiger charge is -2.35. The molecule has 0 radical (unpaired) electrons. The van der Waals surface area contributed by atoms with E-state index >= 15 is 0 Å². The van der Waals surface area contributed by atoms with Crippen LogP contribution < -0.4 is 0 Å². The number of carbonyl (C=O) groups excluding carboxylic acids is 1. The van der Waals surface area contributed by atoms with Gasteiger partial charge in [0.15, 0.2) is 0 Å². The molecule has 2 aliphatic heterocycles. The molecule has 144 valence electrons. The smallest absolute Gasteiger partial charge is 0.222 e. The summed E-state index contributed by atoms with van der Waals surface area (Å²) in [5.41, 5.74) is 1.20. The maximum atomic E-state index is 12.4. The molecule has 0 N–H and O–H groups in total. The van der Waals surface area contributed by atoms with Crippen LogP contribution in [-0.2, 0) is 16.1 Å². The molecule has 2 aliphatic rings. The van der Waals surface area contributed by atoms with Crippen molar-refractivity contribution in [2.75, 3.05) is 39.9 Å². The average Bonchev–Trinajstić information content (AvgIpc) is 2.69. The highest BCUT2D eigenvalue weighted by Crippen LogP contribution is 2.24. The third-order valence-corrected chi connectivity index (χ3v) is 5.93. The molecule has 0 bridgehead atoms. The molecule has 1 atom stereocenters. The first-order chi connectivity index (χ1) is 12.7. The number of hydrogen-bond donors (Lipinski definition) is 0. The monoisotopic (exact) mass is 358 g/mol. The van der Waals surface area contributed by atoms with Gasteiger partial charge in [-0.1, -0.05) is 30.3 Å². The fourth-order valence-corrected chi connectivity index (χ4v) is 4.24. The summed E-state index contributed by atoms with van der Waals surface area (Å²) in [5, 5.41) is 0. The Morgan fingerprint density at radius 2 is 1.92 bits per heavy atom. The van der Waals surface area contributed by atoms with Gasteiger partial charge in [-0.05, 0) is 62.6 Å². The van der Waals surface area contributed by atoms with Crippen LogP contribution >= 0.6 is 0 Å². The minimum atomic E-state index is 0.274. The number of amides is 1. The Morgan fingerprint density at radius 1 is 1.15 bits per heavy atom. The normalized spacial score (nSPS) is 22.3. The number of piperidine rings is 1. The maximum Gasteiger partial charge on any atom is 0.222 e. The minimum absolute atomic E-state index is 0.274. The molecule has 2 saturated heterocycles. The number of likely N-dealkylation sites (tertiary alicyclic amines) is 1. The van der Waals surface area contributed by atoms with Gasteiger partial charge in [0, 0.05) is 33.2 Å². The molecule has 2 fully saturated rings. The second kappa shape index (κ2) is 10.1. The Balaban J connectivity index is 1.32. The maximum absolute atomic E-state index is 12.4. The van der Waals surface area contributed by atoms with Crippen LogP contribution in [0.15, 0.2) is 30.3 Å². The van der Waals surface area contributed by atoms with E-state index in [0.717, 1.165) is 25.6 Å². The van der Waals surface area contributed by atoms with Crippen molar-refractivity contribution < 1.29 is 9.53 Å². The van der Waals surface area contributed by atoms with Gasteiger partial charge in [0.2, 0.25) is 5.91 Å². The van der Waals surface area contributed by atoms with Crippen molar-refractivity contribution >= 4 is 5.91 Å². The Bertz CT molecular complexity index is 534. The largest absolute Gasteiger partial charge is 0.381 e. The predicted molar refractivity (Wildman–Crippen MR) is 105 cm³/mol. The summed E-state index contributed by atoms with van der Waals surface area (Å²) in [4.78, 5) is 16.9. The second-order valence-electron chi connectivity index (χ2n) is 8.10. The first-order valence-corrected chi connectivity index (χ1v) is 10.3. The van der Waals surface area contributed by atoms with Crippen molar-refractivity contribution in [1.29, 1.82) is 0 Å². The molecule has 2 heterocycles. The molecule has 26 heavy (non-hydrogen) atoms. The summed E-state index contributed by atoms with van der Waals surface area (Å²) in [6, 6.07) is 10.2. The van der Waals surface area contributed by atoms with Gasteiger partial charge >= 0.3 is 0 Å². The van der Waals surface area contributed by atoms with Crippen LogP contribution in [0.3, 0.4) is 0 Å². The fourth-order valence-electron chi connectivity index (χ4n) is 4.24. The number of carbonyl (C=O) groups is 1. The van der Waals surface area contributed by atoms with E-state index in [1.807, 2.05) is 30.1 Å². The van der Waals surface area contributed by atoms with Crippen LogP contribution in [0.4, 0.5) is 0 Å². The molecule has 0 saturated carbocycles. The molecule has 1 aromatic rings. The first kappa shape index (κ1) is 19.4. The molecule has 4 nitrogen and oxygen atoms in total. The summed E-state index contributed by atoms with van der Waals surface area (Å²) in [6.45, 7) is 6.19. The number of benzene rings is 1. The van der Waals surface area contributed by atoms with Gasteiger partial charge < -0.3 is 14.5 Å². The highest BCUT2D eigenvalue weighted by atomic mass is 16.5. The standard InChI is InChI=1S/C22H34N2O2/c1-23(16-20-6-3-2-4-7-20)22(25)10-9-19-11-13-24(14-12-19)17-21-8-5-15-26-18-21/h2-4,6-7,19,21H,5,8-18H2,1H3/t21-/m0/s1. The van der Waals surface area contributed by atoms with E-state index in [-0.39, 0.29) is 5.91 Å². The lowest BCUT2D eigenvalue weighted by molar-refractivity contribution is -0.130. The summed E-state index contributed by atoms with van der Waals surface area (Å²) in [5.74, 6) is 1.71.